The van der Waals surface area contributed by atoms with Crippen LogP contribution >= 0.6 is 0 Å². The molecule has 1 saturated carbocycles. The van der Waals surface area contributed by atoms with Crippen LogP contribution in [0.25, 0.3) is 11.1 Å². The van der Waals surface area contributed by atoms with Gasteiger partial charge >= 0.3 is 0 Å². The number of carbonyl (C=O) groups is 1. The largest absolute Gasteiger partial charge is 0.497 e. The number of Topliss-reactive ketones (excluding diaryl/α,β-unsaturated/α-hetero) is 1. The average molecular weight is 369 g/mol. The van der Waals surface area contributed by atoms with Gasteiger partial charge < -0.3 is 10.5 Å². The van der Waals surface area contributed by atoms with E-state index in [2.05, 4.69) is 24.3 Å². The third kappa shape index (κ3) is 7.26. The molecule has 0 aliphatic heterocycles. The molecular weight excluding hydrogens is 336 g/mol. The van der Waals surface area contributed by atoms with Gasteiger partial charge in [0.05, 0.1) is 12.9 Å². The van der Waals surface area contributed by atoms with Crippen LogP contribution in [0.15, 0.2) is 48.5 Å². The zero-order valence-corrected chi connectivity index (χ0v) is 17.1. The fourth-order valence-corrected chi connectivity index (χ4v) is 2.98. The molecule has 1 aliphatic rings. The number of amidine groups is 1. The van der Waals surface area contributed by atoms with Crippen molar-refractivity contribution in [3.63, 3.8) is 0 Å². The Morgan fingerprint density at radius 1 is 1.07 bits per heavy atom. The first-order chi connectivity index (χ1) is 12.9. The summed E-state index contributed by atoms with van der Waals surface area (Å²) in [6, 6.07) is 16.4. The number of ether oxygens (including phenoxy) is 1. The summed E-state index contributed by atoms with van der Waals surface area (Å²) in [5.41, 5.74) is 8.10. The first-order valence-electron chi connectivity index (χ1n) is 9.48. The molecule has 3 N–H and O–H groups in total. The highest BCUT2D eigenvalue weighted by Gasteiger charge is 2.35. The Balaban J connectivity index is 0.000000541. The topological polar surface area (TPSA) is 76.2 Å². The summed E-state index contributed by atoms with van der Waals surface area (Å²) in [5, 5.41) is 6.28. The number of rotatable bonds is 5. The minimum atomic E-state index is 0.0653. The van der Waals surface area contributed by atoms with E-state index >= 15 is 0 Å². The molecule has 1 atom stereocenters. The van der Waals surface area contributed by atoms with Gasteiger partial charge in [0.15, 0.2) is 0 Å². The first kappa shape index (κ1) is 22.4. The molecule has 0 heterocycles. The minimum absolute atomic E-state index is 0.0653. The fraction of sp³-hybridized carbons (Fsp3) is 0.391. The van der Waals surface area contributed by atoms with Crippen molar-refractivity contribution < 1.29 is 9.53 Å². The molecule has 2 aromatic carbocycles. The van der Waals surface area contributed by atoms with Crippen molar-refractivity contribution >= 4 is 11.6 Å². The highest BCUT2D eigenvalue weighted by atomic mass is 16.5. The smallest absolute Gasteiger partial charge is 0.137 e. The standard InChI is InChI=1S/C19H20O2.C2H6N2.C2H6/c1-13(20)19(14-9-10-14)17-7-3-5-15(11-17)16-6-4-8-18(12-16)21-2;1-2(3)4;1-2/h3-8,11-12,14,19H,9-10H2,1-2H3;1H3,(H3,3,4);1-2H3. The van der Waals surface area contributed by atoms with Crippen molar-refractivity contribution in [3.05, 3.63) is 54.1 Å². The lowest BCUT2D eigenvalue weighted by molar-refractivity contribution is -0.118. The zero-order chi connectivity index (χ0) is 20.4. The third-order valence-corrected chi connectivity index (χ3v) is 4.18. The monoisotopic (exact) mass is 368 g/mol. The highest BCUT2D eigenvalue weighted by molar-refractivity contribution is 5.84. The predicted octanol–water partition coefficient (Wildman–Crippen LogP) is 5.41. The molecule has 1 aliphatic carbocycles. The van der Waals surface area contributed by atoms with Gasteiger partial charge in [-0.25, -0.2) is 0 Å². The summed E-state index contributed by atoms with van der Waals surface area (Å²) in [5.74, 6) is 1.90. The number of nitrogens with one attached hydrogen (secondary N) is 1. The number of ketones is 1. The molecule has 4 nitrogen and oxygen atoms in total. The van der Waals surface area contributed by atoms with E-state index in [1.165, 1.54) is 19.8 Å². The van der Waals surface area contributed by atoms with Gasteiger partial charge in [0.2, 0.25) is 0 Å². The lowest BCUT2D eigenvalue weighted by atomic mass is 9.89. The number of hydrogen-bond acceptors (Lipinski definition) is 3. The Morgan fingerprint density at radius 2 is 1.59 bits per heavy atom. The average Bonchev–Trinajstić information content (AvgIpc) is 3.48. The van der Waals surface area contributed by atoms with Crippen molar-refractivity contribution in [2.24, 2.45) is 11.7 Å². The number of methoxy groups -OCH3 is 1. The summed E-state index contributed by atoms with van der Waals surface area (Å²) in [7, 11) is 1.68. The molecule has 146 valence electrons. The van der Waals surface area contributed by atoms with Crippen LogP contribution in [-0.2, 0) is 4.79 Å². The predicted molar refractivity (Wildman–Crippen MR) is 114 cm³/mol. The summed E-state index contributed by atoms with van der Waals surface area (Å²) in [6.07, 6.45) is 2.35. The molecule has 0 amide bonds. The molecule has 0 saturated heterocycles. The highest BCUT2D eigenvalue weighted by Crippen LogP contribution is 2.43. The number of benzene rings is 2. The molecule has 0 bridgehead atoms. The molecule has 1 fully saturated rings. The molecule has 2 aromatic rings. The molecule has 0 aromatic heterocycles. The maximum Gasteiger partial charge on any atom is 0.137 e. The first-order valence-corrected chi connectivity index (χ1v) is 9.48. The van der Waals surface area contributed by atoms with Crippen molar-refractivity contribution in [1.29, 1.82) is 5.41 Å². The molecule has 4 heteroatoms. The quantitative estimate of drug-likeness (QED) is 0.547. The fourth-order valence-electron chi connectivity index (χ4n) is 2.98. The number of nitrogens with two attached hydrogens (primary N) is 1. The second-order valence-electron chi connectivity index (χ2n) is 6.47. The van der Waals surface area contributed by atoms with Gasteiger partial charge in [-0.3, -0.25) is 10.2 Å². The van der Waals surface area contributed by atoms with Crippen LogP contribution in [0.3, 0.4) is 0 Å². The van der Waals surface area contributed by atoms with E-state index < -0.39 is 0 Å². The van der Waals surface area contributed by atoms with Crippen LogP contribution < -0.4 is 10.5 Å². The maximum atomic E-state index is 12.0. The van der Waals surface area contributed by atoms with E-state index in [1.54, 1.807) is 14.0 Å². The second kappa shape index (κ2) is 11.2. The van der Waals surface area contributed by atoms with E-state index in [0.29, 0.717) is 5.92 Å². The van der Waals surface area contributed by atoms with Crippen molar-refractivity contribution in [3.8, 4) is 16.9 Å². The van der Waals surface area contributed by atoms with Gasteiger partial charge in [0.1, 0.15) is 11.5 Å². The lowest BCUT2D eigenvalue weighted by Gasteiger charge is -2.14. The summed E-state index contributed by atoms with van der Waals surface area (Å²) < 4.78 is 5.29. The molecule has 3 rings (SSSR count). The van der Waals surface area contributed by atoms with Gasteiger partial charge in [0.25, 0.3) is 0 Å². The Hall–Kier alpha value is -2.62. The number of carbonyl (C=O) groups excluding carboxylic acids is 1. The van der Waals surface area contributed by atoms with Crippen LogP contribution in [0.1, 0.15) is 52.0 Å². The van der Waals surface area contributed by atoms with Crippen LogP contribution in [0, 0.1) is 11.3 Å². The van der Waals surface area contributed by atoms with Gasteiger partial charge in [-0.2, -0.15) is 0 Å². The molecule has 0 radical (unpaired) electrons. The second-order valence-corrected chi connectivity index (χ2v) is 6.47. The van der Waals surface area contributed by atoms with E-state index in [1.807, 2.05) is 38.1 Å². The molecule has 1 unspecified atom stereocenters. The number of hydrogen-bond donors (Lipinski definition) is 2. The summed E-state index contributed by atoms with van der Waals surface area (Å²) >= 11 is 0. The van der Waals surface area contributed by atoms with Gasteiger partial charge in [-0.15, -0.1) is 0 Å². The van der Waals surface area contributed by atoms with Crippen LogP contribution in [0.5, 0.6) is 5.75 Å². The van der Waals surface area contributed by atoms with Crippen molar-refractivity contribution in [2.45, 2.75) is 46.5 Å². The lowest BCUT2D eigenvalue weighted by Crippen LogP contribution is -2.11. The Bertz CT molecular complexity index is 748. The normalized spacial score (nSPS) is 13.2. The summed E-state index contributed by atoms with van der Waals surface area (Å²) in [4.78, 5) is 12.0. The Morgan fingerprint density at radius 3 is 2.07 bits per heavy atom. The van der Waals surface area contributed by atoms with E-state index in [9.17, 15) is 4.79 Å². The van der Waals surface area contributed by atoms with Gasteiger partial charge in [-0.1, -0.05) is 50.2 Å². The van der Waals surface area contributed by atoms with Crippen molar-refractivity contribution in [1.82, 2.24) is 0 Å². The molecule has 0 spiro atoms. The zero-order valence-electron chi connectivity index (χ0n) is 17.1. The van der Waals surface area contributed by atoms with Crippen LogP contribution in [0.2, 0.25) is 0 Å². The molecule has 27 heavy (non-hydrogen) atoms. The van der Waals surface area contributed by atoms with E-state index in [0.717, 1.165) is 22.4 Å². The van der Waals surface area contributed by atoms with Gasteiger partial charge in [0, 0.05) is 5.92 Å². The minimum Gasteiger partial charge on any atom is -0.497 e. The molecular formula is C23H32N2O2. The summed E-state index contributed by atoms with van der Waals surface area (Å²) in [6.45, 7) is 7.24. The van der Waals surface area contributed by atoms with Crippen molar-refractivity contribution in [2.75, 3.05) is 7.11 Å². The third-order valence-electron chi connectivity index (χ3n) is 4.18. The van der Waals surface area contributed by atoms with Gasteiger partial charge in [-0.05, 0) is 61.4 Å². The maximum absolute atomic E-state index is 12.0. The van der Waals surface area contributed by atoms with E-state index in [-0.39, 0.29) is 17.5 Å². The SMILES string of the molecule is CC.CC(=N)N.COc1cccc(-c2cccc(C(C(C)=O)C3CC3)c2)c1. The Labute approximate surface area is 163 Å². The Kier molecular flexibility index (Phi) is 9.27. The van der Waals surface area contributed by atoms with Crippen LogP contribution in [-0.4, -0.2) is 18.7 Å². The van der Waals surface area contributed by atoms with Crippen LogP contribution in [0.4, 0.5) is 0 Å². The van der Waals surface area contributed by atoms with E-state index in [4.69, 9.17) is 15.9 Å².